The number of likely N-dealkylation sites (tertiary alicyclic amines) is 1. The van der Waals surface area contributed by atoms with Crippen molar-refractivity contribution >= 4 is 21.8 Å². The van der Waals surface area contributed by atoms with Gasteiger partial charge in [-0.05, 0) is 61.0 Å². The number of nitrogens with one attached hydrogen (secondary N) is 1. The minimum Gasteiger partial charge on any atom is -0.349 e. The summed E-state index contributed by atoms with van der Waals surface area (Å²) in [5, 5.41) is 2.70. The lowest BCUT2D eigenvalue weighted by Crippen LogP contribution is -2.43. The standard InChI is InChI=1S/C13H15BrF2N2O/c1-18-6-4-8(5-7-18)17-13(19)11-10(15)3-2-9(14)12(11)16/h2-3,8H,4-7H2,1H3,(H,17,19). The third kappa shape index (κ3) is 3.30. The van der Waals surface area contributed by atoms with Crippen molar-refractivity contribution in [2.45, 2.75) is 18.9 Å². The van der Waals surface area contributed by atoms with Crippen molar-refractivity contribution in [2.24, 2.45) is 0 Å². The SMILES string of the molecule is CN1CCC(NC(=O)c2c(F)ccc(Br)c2F)CC1. The highest BCUT2D eigenvalue weighted by atomic mass is 79.9. The fraction of sp³-hybridized carbons (Fsp3) is 0.462. The maximum absolute atomic E-state index is 13.8. The Labute approximate surface area is 119 Å². The molecule has 0 radical (unpaired) electrons. The molecule has 0 spiro atoms. The average Bonchev–Trinajstić information content (AvgIpc) is 2.37. The van der Waals surface area contributed by atoms with E-state index in [1.165, 1.54) is 6.07 Å². The first kappa shape index (κ1) is 14.4. The van der Waals surface area contributed by atoms with E-state index in [-0.39, 0.29) is 10.5 Å². The van der Waals surface area contributed by atoms with E-state index in [2.05, 4.69) is 26.1 Å². The lowest BCUT2D eigenvalue weighted by molar-refractivity contribution is 0.0908. The van der Waals surface area contributed by atoms with Gasteiger partial charge in [0.15, 0.2) is 5.82 Å². The van der Waals surface area contributed by atoms with Crippen molar-refractivity contribution in [3.63, 3.8) is 0 Å². The van der Waals surface area contributed by atoms with E-state index in [4.69, 9.17) is 0 Å². The molecule has 0 aliphatic carbocycles. The van der Waals surface area contributed by atoms with E-state index < -0.39 is 23.1 Å². The third-order valence-corrected chi connectivity index (χ3v) is 3.94. The first-order valence-electron chi connectivity index (χ1n) is 6.12. The quantitative estimate of drug-likeness (QED) is 0.844. The first-order valence-corrected chi connectivity index (χ1v) is 6.91. The Kier molecular flexibility index (Phi) is 4.52. The van der Waals surface area contributed by atoms with Crippen LogP contribution < -0.4 is 5.32 Å². The van der Waals surface area contributed by atoms with Crippen molar-refractivity contribution in [1.29, 1.82) is 0 Å². The molecular formula is C13H15BrF2N2O. The number of rotatable bonds is 2. The van der Waals surface area contributed by atoms with Gasteiger partial charge in [-0.1, -0.05) is 0 Å². The second-order valence-electron chi connectivity index (χ2n) is 4.77. The zero-order chi connectivity index (χ0) is 14.0. The van der Waals surface area contributed by atoms with Gasteiger partial charge >= 0.3 is 0 Å². The molecule has 1 fully saturated rings. The van der Waals surface area contributed by atoms with Gasteiger partial charge < -0.3 is 10.2 Å². The molecule has 1 saturated heterocycles. The molecule has 6 heteroatoms. The molecule has 1 aliphatic heterocycles. The van der Waals surface area contributed by atoms with Crippen LogP contribution in [-0.4, -0.2) is 37.0 Å². The Hall–Kier alpha value is -1.01. The van der Waals surface area contributed by atoms with Gasteiger partial charge in [0.25, 0.3) is 5.91 Å². The summed E-state index contributed by atoms with van der Waals surface area (Å²) >= 11 is 2.95. The fourth-order valence-electron chi connectivity index (χ4n) is 2.15. The molecule has 0 aromatic heterocycles. The molecule has 1 aromatic carbocycles. The molecule has 104 valence electrons. The molecule has 1 heterocycles. The molecule has 0 atom stereocenters. The maximum atomic E-state index is 13.8. The summed E-state index contributed by atoms with van der Waals surface area (Å²) in [6.45, 7) is 1.74. The second-order valence-corrected chi connectivity index (χ2v) is 5.62. The highest BCUT2D eigenvalue weighted by Gasteiger charge is 2.24. The lowest BCUT2D eigenvalue weighted by atomic mass is 10.0. The molecular weight excluding hydrogens is 318 g/mol. The normalized spacial score (nSPS) is 17.5. The van der Waals surface area contributed by atoms with Crippen LogP contribution in [0.25, 0.3) is 0 Å². The van der Waals surface area contributed by atoms with Crippen LogP contribution in [0.15, 0.2) is 16.6 Å². The van der Waals surface area contributed by atoms with Crippen molar-refractivity contribution < 1.29 is 13.6 Å². The highest BCUT2D eigenvalue weighted by Crippen LogP contribution is 2.22. The van der Waals surface area contributed by atoms with Gasteiger partial charge in [0.2, 0.25) is 0 Å². The van der Waals surface area contributed by atoms with E-state index in [0.717, 1.165) is 32.0 Å². The zero-order valence-corrected chi connectivity index (χ0v) is 12.1. The number of benzene rings is 1. The van der Waals surface area contributed by atoms with Gasteiger partial charge in [-0.15, -0.1) is 0 Å². The molecule has 1 amide bonds. The molecule has 2 rings (SSSR count). The number of carbonyl (C=O) groups is 1. The average molecular weight is 333 g/mol. The van der Waals surface area contributed by atoms with Gasteiger partial charge in [0.1, 0.15) is 11.4 Å². The summed E-state index contributed by atoms with van der Waals surface area (Å²) in [5.74, 6) is -2.39. The smallest absolute Gasteiger partial charge is 0.257 e. The summed E-state index contributed by atoms with van der Waals surface area (Å²) in [5.41, 5.74) is -0.520. The van der Waals surface area contributed by atoms with E-state index in [9.17, 15) is 13.6 Å². The molecule has 1 N–H and O–H groups in total. The number of nitrogens with zero attached hydrogens (tertiary/aromatic N) is 1. The minimum atomic E-state index is -0.856. The second kappa shape index (κ2) is 5.96. The van der Waals surface area contributed by atoms with Gasteiger partial charge in [0, 0.05) is 6.04 Å². The van der Waals surface area contributed by atoms with Crippen LogP contribution in [0.5, 0.6) is 0 Å². The van der Waals surface area contributed by atoms with Crippen LogP contribution >= 0.6 is 15.9 Å². The Morgan fingerprint density at radius 3 is 2.63 bits per heavy atom. The predicted octanol–water partition coefficient (Wildman–Crippen LogP) is 2.55. The van der Waals surface area contributed by atoms with E-state index in [1.807, 2.05) is 7.05 Å². The predicted molar refractivity (Wildman–Crippen MR) is 72.0 cm³/mol. The summed E-state index contributed by atoms with van der Waals surface area (Å²) in [6.07, 6.45) is 1.58. The van der Waals surface area contributed by atoms with Crippen molar-refractivity contribution in [3.05, 3.63) is 33.8 Å². The number of hydrogen-bond acceptors (Lipinski definition) is 2. The number of amides is 1. The Balaban J connectivity index is 2.10. The largest absolute Gasteiger partial charge is 0.349 e. The summed E-state index contributed by atoms with van der Waals surface area (Å²) in [6, 6.07) is 2.30. The highest BCUT2D eigenvalue weighted by molar-refractivity contribution is 9.10. The number of carbonyl (C=O) groups excluding carboxylic acids is 1. The Morgan fingerprint density at radius 1 is 1.37 bits per heavy atom. The Morgan fingerprint density at radius 2 is 2.00 bits per heavy atom. The van der Waals surface area contributed by atoms with Crippen molar-refractivity contribution in [1.82, 2.24) is 10.2 Å². The summed E-state index contributed by atoms with van der Waals surface area (Å²) < 4.78 is 27.4. The lowest BCUT2D eigenvalue weighted by Gasteiger charge is -2.29. The van der Waals surface area contributed by atoms with Crippen LogP contribution in [0.1, 0.15) is 23.2 Å². The van der Waals surface area contributed by atoms with Crippen LogP contribution in [0.4, 0.5) is 8.78 Å². The van der Waals surface area contributed by atoms with Crippen LogP contribution in [-0.2, 0) is 0 Å². The van der Waals surface area contributed by atoms with E-state index >= 15 is 0 Å². The van der Waals surface area contributed by atoms with Crippen molar-refractivity contribution in [2.75, 3.05) is 20.1 Å². The molecule has 1 aromatic rings. The maximum Gasteiger partial charge on any atom is 0.257 e. The fourth-order valence-corrected chi connectivity index (χ4v) is 2.48. The number of hydrogen-bond donors (Lipinski definition) is 1. The zero-order valence-electron chi connectivity index (χ0n) is 10.5. The van der Waals surface area contributed by atoms with Gasteiger partial charge in [-0.3, -0.25) is 4.79 Å². The molecule has 0 unspecified atom stereocenters. The topological polar surface area (TPSA) is 32.3 Å². The number of halogens is 3. The first-order chi connectivity index (χ1) is 8.99. The van der Waals surface area contributed by atoms with Crippen molar-refractivity contribution in [3.8, 4) is 0 Å². The van der Waals surface area contributed by atoms with E-state index in [0.29, 0.717) is 0 Å². The van der Waals surface area contributed by atoms with Crippen LogP contribution in [0.3, 0.4) is 0 Å². The molecule has 19 heavy (non-hydrogen) atoms. The van der Waals surface area contributed by atoms with Gasteiger partial charge in [-0.25, -0.2) is 8.78 Å². The third-order valence-electron chi connectivity index (χ3n) is 3.32. The van der Waals surface area contributed by atoms with E-state index in [1.54, 1.807) is 0 Å². The van der Waals surface area contributed by atoms with Crippen LogP contribution in [0.2, 0.25) is 0 Å². The van der Waals surface area contributed by atoms with Crippen LogP contribution in [0, 0.1) is 11.6 Å². The van der Waals surface area contributed by atoms with Gasteiger partial charge in [-0.2, -0.15) is 0 Å². The molecule has 0 saturated carbocycles. The number of piperidine rings is 1. The molecule has 3 nitrogen and oxygen atoms in total. The van der Waals surface area contributed by atoms with Gasteiger partial charge in [0.05, 0.1) is 4.47 Å². The minimum absolute atomic E-state index is 0.0264. The molecule has 0 bridgehead atoms. The monoisotopic (exact) mass is 332 g/mol. The molecule has 1 aliphatic rings. The summed E-state index contributed by atoms with van der Waals surface area (Å²) in [7, 11) is 2.01. The Bertz CT molecular complexity index is 488. The summed E-state index contributed by atoms with van der Waals surface area (Å²) in [4.78, 5) is 14.1.